The number of hydrogen-bond acceptors (Lipinski definition) is 4. The molecule has 2 heterocycles. The Morgan fingerprint density at radius 3 is 2.62 bits per heavy atom. The summed E-state index contributed by atoms with van der Waals surface area (Å²) >= 11 is 0. The summed E-state index contributed by atoms with van der Waals surface area (Å²) in [5, 5.41) is 14.3. The summed E-state index contributed by atoms with van der Waals surface area (Å²) in [6.07, 6.45) is 4.85. The smallest absolute Gasteiger partial charge is 0.269 e. The predicted molar refractivity (Wildman–Crippen MR) is 85.1 cm³/mol. The van der Waals surface area contributed by atoms with Crippen molar-refractivity contribution in [3.8, 4) is 0 Å². The van der Waals surface area contributed by atoms with Crippen molar-refractivity contribution < 1.29 is 4.92 Å². The summed E-state index contributed by atoms with van der Waals surface area (Å²) in [6.45, 7) is 3.35. The Kier molecular flexibility index (Phi) is 5.56. The van der Waals surface area contributed by atoms with Gasteiger partial charge in [0.25, 0.3) is 5.69 Å². The molecule has 0 aromatic heterocycles. The maximum absolute atomic E-state index is 10.6. The van der Waals surface area contributed by atoms with Gasteiger partial charge in [0.05, 0.1) is 4.92 Å². The molecule has 2 aliphatic heterocycles. The zero-order valence-corrected chi connectivity index (χ0v) is 12.8. The second-order valence-electron chi connectivity index (χ2n) is 5.90. The van der Waals surface area contributed by atoms with Gasteiger partial charge in [-0.1, -0.05) is 12.1 Å². The van der Waals surface area contributed by atoms with Crippen LogP contribution in [0.2, 0.25) is 0 Å². The number of nitro benzene ring substituents is 1. The van der Waals surface area contributed by atoms with E-state index in [-0.39, 0.29) is 23.0 Å². The van der Waals surface area contributed by atoms with E-state index in [2.05, 4.69) is 10.2 Å². The number of likely N-dealkylation sites (tertiary alicyclic amines) is 1. The number of fused-ring (bicyclic) bond motifs is 2. The Hall–Kier alpha value is -1.17. The van der Waals surface area contributed by atoms with E-state index in [0.717, 1.165) is 25.6 Å². The van der Waals surface area contributed by atoms with Gasteiger partial charge in [-0.25, -0.2) is 0 Å². The van der Waals surface area contributed by atoms with Crippen LogP contribution >= 0.6 is 12.4 Å². The van der Waals surface area contributed by atoms with Crippen LogP contribution in [-0.4, -0.2) is 41.5 Å². The van der Waals surface area contributed by atoms with Crippen molar-refractivity contribution in [3.63, 3.8) is 0 Å². The van der Waals surface area contributed by atoms with E-state index < -0.39 is 0 Å². The van der Waals surface area contributed by atoms with Crippen molar-refractivity contribution in [2.45, 2.75) is 37.8 Å². The summed E-state index contributed by atoms with van der Waals surface area (Å²) in [5.74, 6) is 0. The van der Waals surface area contributed by atoms with Crippen LogP contribution in [0, 0.1) is 10.1 Å². The van der Waals surface area contributed by atoms with Gasteiger partial charge in [0, 0.05) is 37.3 Å². The zero-order chi connectivity index (χ0) is 13.9. The normalized spacial score (nSPS) is 25.1. The molecule has 2 bridgehead atoms. The monoisotopic (exact) mass is 311 g/mol. The number of halogens is 1. The van der Waals surface area contributed by atoms with Crippen molar-refractivity contribution in [1.29, 1.82) is 0 Å². The number of nitrogens with one attached hydrogen (secondary N) is 1. The van der Waals surface area contributed by atoms with E-state index in [1.165, 1.54) is 31.4 Å². The maximum atomic E-state index is 10.6. The molecule has 2 atom stereocenters. The number of non-ortho nitro benzene ring substituents is 1. The van der Waals surface area contributed by atoms with Gasteiger partial charge in [0.2, 0.25) is 0 Å². The van der Waals surface area contributed by atoms with Crippen LogP contribution in [0.15, 0.2) is 24.3 Å². The molecule has 1 aromatic rings. The largest absolute Gasteiger partial charge is 0.310 e. The zero-order valence-electron chi connectivity index (χ0n) is 12.0. The van der Waals surface area contributed by atoms with Gasteiger partial charge in [-0.15, -0.1) is 12.4 Å². The highest BCUT2D eigenvalue weighted by Gasteiger charge is 2.28. The maximum Gasteiger partial charge on any atom is 0.269 e. The van der Waals surface area contributed by atoms with Gasteiger partial charge in [-0.3, -0.25) is 10.1 Å². The molecule has 0 aliphatic carbocycles. The lowest BCUT2D eigenvalue weighted by molar-refractivity contribution is -0.384. The van der Waals surface area contributed by atoms with Crippen LogP contribution in [-0.2, 0) is 6.42 Å². The van der Waals surface area contributed by atoms with Crippen molar-refractivity contribution in [2.75, 3.05) is 19.6 Å². The molecule has 1 N–H and O–H groups in total. The van der Waals surface area contributed by atoms with Crippen LogP contribution < -0.4 is 5.32 Å². The van der Waals surface area contributed by atoms with Crippen LogP contribution in [0.4, 0.5) is 5.69 Å². The van der Waals surface area contributed by atoms with Gasteiger partial charge in [-0.05, 0) is 37.8 Å². The molecular formula is C15H22ClN3O2. The third kappa shape index (κ3) is 4.15. The van der Waals surface area contributed by atoms with Crippen LogP contribution in [0.25, 0.3) is 0 Å². The first-order valence-electron chi connectivity index (χ1n) is 7.42. The van der Waals surface area contributed by atoms with E-state index in [9.17, 15) is 10.1 Å². The van der Waals surface area contributed by atoms with E-state index in [1.54, 1.807) is 12.1 Å². The first-order valence-corrected chi connectivity index (χ1v) is 7.42. The third-order valence-corrected chi connectivity index (χ3v) is 4.47. The molecule has 0 spiro atoms. The molecule has 21 heavy (non-hydrogen) atoms. The summed E-state index contributed by atoms with van der Waals surface area (Å²) in [5.41, 5.74) is 1.35. The minimum absolute atomic E-state index is 0. The molecule has 1 aromatic carbocycles. The number of rotatable bonds is 4. The Morgan fingerprint density at radius 1 is 1.19 bits per heavy atom. The molecule has 2 aliphatic rings. The van der Waals surface area contributed by atoms with Crippen LogP contribution in [0.5, 0.6) is 0 Å². The van der Waals surface area contributed by atoms with E-state index >= 15 is 0 Å². The van der Waals surface area contributed by atoms with Crippen molar-refractivity contribution in [1.82, 2.24) is 10.2 Å². The molecule has 2 saturated heterocycles. The lowest BCUT2D eigenvalue weighted by Crippen LogP contribution is -2.36. The highest BCUT2D eigenvalue weighted by Crippen LogP contribution is 2.20. The fourth-order valence-corrected chi connectivity index (χ4v) is 3.29. The van der Waals surface area contributed by atoms with Gasteiger partial charge in [0.15, 0.2) is 0 Å². The molecular weight excluding hydrogens is 290 g/mol. The Balaban J connectivity index is 0.00000161. The van der Waals surface area contributed by atoms with Gasteiger partial charge in [0.1, 0.15) is 0 Å². The average Bonchev–Trinajstić information content (AvgIpc) is 2.78. The summed E-state index contributed by atoms with van der Waals surface area (Å²) in [6, 6.07) is 8.34. The highest BCUT2D eigenvalue weighted by atomic mass is 35.5. The third-order valence-electron chi connectivity index (χ3n) is 4.47. The van der Waals surface area contributed by atoms with Crippen LogP contribution in [0.1, 0.15) is 24.8 Å². The van der Waals surface area contributed by atoms with E-state index in [0.29, 0.717) is 6.04 Å². The fourth-order valence-electron chi connectivity index (χ4n) is 3.29. The Morgan fingerprint density at radius 2 is 1.90 bits per heavy atom. The SMILES string of the molecule is Cl.O=[N+]([O-])c1ccc(CCN2CCC3CCC(C2)N3)cc1. The van der Waals surface area contributed by atoms with E-state index in [4.69, 9.17) is 0 Å². The second-order valence-corrected chi connectivity index (χ2v) is 5.90. The molecule has 2 unspecified atom stereocenters. The molecule has 0 amide bonds. The fraction of sp³-hybridized carbons (Fsp3) is 0.600. The lowest BCUT2D eigenvalue weighted by Gasteiger charge is -2.23. The predicted octanol–water partition coefficient (Wildman–Crippen LogP) is 2.39. The van der Waals surface area contributed by atoms with Gasteiger partial charge in [-0.2, -0.15) is 0 Å². The van der Waals surface area contributed by atoms with Crippen molar-refractivity contribution in [2.24, 2.45) is 0 Å². The number of benzene rings is 1. The minimum atomic E-state index is -0.346. The first kappa shape index (κ1) is 16.2. The topological polar surface area (TPSA) is 58.4 Å². The molecule has 6 heteroatoms. The number of hydrogen-bond donors (Lipinski definition) is 1. The standard InChI is InChI=1S/C15H21N3O2.ClH/c19-18(20)15-5-1-12(2-6-15)7-9-17-10-8-13-3-4-14(11-17)16-13;/h1-2,5-6,13-14,16H,3-4,7-11H2;1H. The number of nitro groups is 1. The van der Waals surface area contributed by atoms with Gasteiger partial charge >= 0.3 is 0 Å². The number of nitrogens with zero attached hydrogens (tertiary/aromatic N) is 2. The Bertz CT molecular complexity index is 480. The molecule has 3 rings (SSSR count). The van der Waals surface area contributed by atoms with Gasteiger partial charge < -0.3 is 10.2 Å². The van der Waals surface area contributed by atoms with Crippen LogP contribution in [0.3, 0.4) is 0 Å². The second kappa shape index (κ2) is 7.20. The highest BCUT2D eigenvalue weighted by molar-refractivity contribution is 5.85. The summed E-state index contributed by atoms with van der Waals surface area (Å²) in [4.78, 5) is 12.8. The minimum Gasteiger partial charge on any atom is -0.310 e. The lowest BCUT2D eigenvalue weighted by atomic mass is 10.1. The molecule has 0 saturated carbocycles. The molecule has 5 nitrogen and oxygen atoms in total. The summed E-state index contributed by atoms with van der Waals surface area (Å²) in [7, 11) is 0. The van der Waals surface area contributed by atoms with Crippen molar-refractivity contribution >= 4 is 18.1 Å². The quantitative estimate of drug-likeness (QED) is 0.685. The first-order chi connectivity index (χ1) is 9.70. The Labute approximate surface area is 131 Å². The average molecular weight is 312 g/mol. The molecule has 0 radical (unpaired) electrons. The molecule has 116 valence electrons. The summed E-state index contributed by atoms with van der Waals surface area (Å²) < 4.78 is 0. The molecule has 2 fully saturated rings. The van der Waals surface area contributed by atoms with E-state index in [1.807, 2.05) is 12.1 Å². The van der Waals surface area contributed by atoms with Crippen molar-refractivity contribution in [3.05, 3.63) is 39.9 Å².